The highest BCUT2D eigenvalue weighted by molar-refractivity contribution is 5.29. The molecule has 0 radical (unpaired) electrons. The van der Waals surface area contributed by atoms with E-state index in [1.807, 2.05) is 0 Å². The average molecular weight is 179 g/mol. The molecule has 13 heavy (non-hydrogen) atoms. The van der Waals surface area contributed by atoms with Crippen molar-refractivity contribution in [1.29, 1.82) is 0 Å². The molecule has 72 valence electrons. The van der Waals surface area contributed by atoms with E-state index in [1.165, 1.54) is 16.7 Å². The summed E-state index contributed by atoms with van der Waals surface area (Å²) in [5.41, 5.74) is 9.15. The van der Waals surface area contributed by atoms with E-state index in [9.17, 15) is 0 Å². The molecule has 0 aromatic heterocycles. The number of rotatable bonds is 4. The third-order valence-electron chi connectivity index (χ3n) is 2.02. The van der Waals surface area contributed by atoms with Crippen LogP contribution in [0.25, 0.3) is 0 Å². The van der Waals surface area contributed by atoms with Crippen LogP contribution >= 0.6 is 0 Å². The Morgan fingerprint density at radius 2 is 2.08 bits per heavy atom. The molecule has 0 unspecified atom stereocenters. The van der Waals surface area contributed by atoms with Crippen LogP contribution in [0.1, 0.15) is 16.7 Å². The molecule has 0 aliphatic rings. The first-order valence-electron chi connectivity index (χ1n) is 4.58. The van der Waals surface area contributed by atoms with E-state index in [1.54, 1.807) is 0 Å². The van der Waals surface area contributed by atoms with Crippen molar-refractivity contribution in [3.05, 3.63) is 34.9 Å². The summed E-state index contributed by atoms with van der Waals surface area (Å²) in [4.78, 5) is 0. The lowest BCUT2D eigenvalue weighted by molar-refractivity contribution is 0.128. The molecule has 2 nitrogen and oxygen atoms in total. The van der Waals surface area contributed by atoms with Crippen LogP contribution in [0.2, 0.25) is 0 Å². The molecule has 0 aliphatic carbocycles. The Kier molecular flexibility index (Phi) is 3.93. The molecule has 0 aliphatic heterocycles. The molecule has 0 saturated carbocycles. The fraction of sp³-hybridized carbons (Fsp3) is 0.455. The van der Waals surface area contributed by atoms with Crippen LogP contribution < -0.4 is 5.73 Å². The number of hydrogen-bond acceptors (Lipinski definition) is 2. The Labute approximate surface area is 79.7 Å². The van der Waals surface area contributed by atoms with Gasteiger partial charge < -0.3 is 10.5 Å². The smallest absolute Gasteiger partial charge is 0.0720 e. The Morgan fingerprint density at radius 1 is 1.31 bits per heavy atom. The minimum Gasteiger partial charge on any atom is -0.375 e. The molecule has 0 fully saturated rings. The highest BCUT2D eigenvalue weighted by atomic mass is 16.5. The van der Waals surface area contributed by atoms with Gasteiger partial charge in [-0.1, -0.05) is 23.8 Å². The fourth-order valence-corrected chi connectivity index (χ4v) is 1.22. The van der Waals surface area contributed by atoms with Gasteiger partial charge in [0, 0.05) is 6.54 Å². The van der Waals surface area contributed by atoms with E-state index in [0.717, 1.165) is 0 Å². The normalized spacial score (nSPS) is 10.4. The van der Waals surface area contributed by atoms with Gasteiger partial charge in [-0.05, 0) is 25.0 Å². The molecule has 1 aromatic rings. The van der Waals surface area contributed by atoms with Gasteiger partial charge in [0.1, 0.15) is 0 Å². The molecule has 0 amide bonds. The van der Waals surface area contributed by atoms with Crippen molar-refractivity contribution in [2.24, 2.45) is 5.73 Å². The van der Waals surface area contributed by atoms with Gasteiger partial charge in [0.2, 0.25) is 0 Å². The zero-order valence-corrected chi connectivity index (χ0v) is 8.34. The quantitative estimate of drug-likeness (QED) is 0.715. The van der Waals surface area contributed by atoms with E-state index in [2.05, 4.69) is 32.0 Å². The summed E-state index contributed by atoms with van der Waals surface area (Å²) in [6.07, 6.45) is 0. The predicted molar refractivity (Wildman–Crippen MR) is 54.6 cm³/mol. The Morgan fingerprint density at radius 3 is 2.77 bits per heavy atom. The third-order valence-corrected chi connectivity index (χ3v) is 2.02. The van der Waals surface area contributed by atoms with Crippen LogP contribution in [-0.4, -0.2) is 13.2 Å². The molecule has 0 bridgehead atoms. The van der Waals surface area contributed by atoms with Gasteiger partial charge in [0.25, 0.3) is 0 Å². The summed E-state index contributed by atoms with van der Waals surface area (Å²) < 4.78 is 5.38. The average Bonchev–Trinajstić information content (AvgIpc) is 2.11. The number of nitrogens with two attached hydrogens (primary N) is 1. The maximum absolute atomic E-state index is 5.38. The van der Waals surface area contributed by atoms with E-state index in [-0.39, 0.29) is 0 Å². The summed E-state index contributed by atoms with van der Waals surface area (Å²) in [6.45, 7) is 6.08. The first-order valence-corrected chi connectivity index (χ1v) is 4.58. The van der Waals surface area contributed by atoms with Crippen LogP contribution in [0.5, 0.6) is 0 Å². The maximum Gasteiger partial charge on any atom is 0.0720 e. The largest absolute Gasteiger partial charge is 0.375 e. The molecular weight excluding hydrogens is 162 g/mol. The second-order valence-electron chi connectivity index (χ2n) is 3.27. The lowest BCUT2D eigenvalue weighted by atomic mass is 10.1. The maximum atomic E-state index is 5.38. The van der Waals surface area contributed by atoms with E-state index < -0.39 is 0 Å². The van der Waals surface area contributed by atoms with Crippen LogP contribution in [0.15, 0.2) is 18.2 Å². The summed E-state index contributed by atoms with van der Waals surface area (Å²) in [5.74, 6) is 0. The van der Waals surface area contributed by atoms with E-state index >= 15 is 0 Å². The van der Waals surface area contributed by atoms with Crippen molar-refractivity contribution >= 4 is 0 Å². The van der Waals surface area contributed by atoms with Crippen LogP contribution in [0, 0.1) is 13.8 Å². The summed E-state index contributed by atoms with van der Waals surface area (Å²) in [7, 11) is 0. The molecule has 1 aromatic carbocycles. The Hall–Kier alpha value is -0.860. The Bertz CT molecular complexity index is 271. The van der Waals surface area contributed by atoms with Crippen molar-refractivity contribution in [2.45, 2.75) is 20.5 Å². The van der Waals surface area contributed by atoms with Gasteiger partial charge in [-0.15, -0.1) is 0 Å². The fourth-order valence-electron chi connectivity index (χ4n) is 1.22. The second-order valence-corrected chi connectivity index (χ2v) is 3.27. The topological polar surface area (TPSA) is 35.2 Å². The SMILES string of the molecule is Cc1ccc(C)c(COCCN)c1. The van der Waals surface area contributed by atoms with Crippen molar-refractivity contribution in [3.63, 3.8) is 0 Å². The van der Waals surface area contributed by atoms with Crippen molar-refractivity contribution in [3.8, 4) is 0 Å². The molecule has 0 spiro atoms. The van der Waals surface area contributed by atoms with Crippen LogP contribution in [0.4, 0.5) is 0 Å². The van der Waals surface area contributed by atoms with Gasteiger partial charge >= 0.3 is 0 Å². The molecule has 1 rings (SSSR count). The lowest BCUT2D eigenvalue weighted by Gasteiger charge is -2.07. The second kappa shape index (κ2) is 5.00. The van der Waals surface area contributed by atoms with Crippen molar-refractivity contribution in [1.82, 2.24) is 0 Å². The first-order chi connectivity index (χ1) is 6.24. The lowest BCUT2D eigenvalue weighted by Crippen LogP contribution is -2.08. The van der Waals surface area contributed by atoms with Crippen molar-refractivity contribution in [2.75, 3.05) is 13.2 Å². The Balaban J connectivity index is 2.59. The molecule has 2 heteroatoms. The standard InChI is InChI=1S/C11H17NO/c1-9-3-4-10(2)11(7-9)8-13-6-5-12/h3-4,7H,5-6,8,12H2,1-2H3. The summed E-state index contributed by atoms with van der Waals surface area (Å²) in [6, 6.07) is 6.39. The van der Waals surface area contributed by atoms with E-state index in [4.69, 9.17) is 10.5 Å². The van der Waals surface area contributed by atoms with Crippen LogP contribution in [-0.2, 0) is 11.3 Å². The highest BCUT2D eigenvalue weighted by Gasteiger charge is 1.97. The van der Waals surface area contributed by atoms with Gasteiger partial charge in [-0.2, -0.15) is 0 Å². The number of ether oxygens (including phenoxy) is 1. The predicted octanol–water partition coefficient (Wildman–Crippen LogP) is 1.78. The molecular formula is C11H17NO. The van der Waals surface area contributed by atoms with Gasteiger partial charge in [-0.3, -0.25) is 0 Å². The zero-order chi connectivity index (χ0) is 9.68. The van der Waals surface area contributed by atoms with Gasteiger partial charge in [-0.25, -0.2) is 0 Å². The minimum absolute atomic E-state index is 0.588. The van der Waals surface area contributed by atoms with Crippen LogP contribution in [0.3, 0.4) is 0 Å². The molecule has 0 atom stereocenters. The summed E-state index contributed by atoms with van der Waals surface area (Å²) >= 11 is 0. The minimum atomic E-state index is 0.588. The molecule has 0 saturated heterocycles. The molecule has 2 N–H and O–H groups in total. The third kappa shape index (κ3) is 3.17. The van der Waals surface area contributed by atoms with Gasteiger partial charge in [0.05, 0.1) is 13.2 Å². The number of hydrogen-bond donors (Lipinski definition) is 1. The summed E-state index contributed by atoms with van der Waals surface area (Å²) in [5, 5.41) is 0. The van der Waals surface area contributed by atoms with Gasteiger partial charge in [0.15, 0.2) is 0 Å². The highest BCUT2D eigenvalue weighted by Crippen LogP contribution is 2.11. The number of benzene rings is 1. The monoisotopic (exact) mass is 179 g/mol. The van der Waals surface area contributed by atoms with E-state index in [0.29, 0.717) is 19.8 Å². The molecule has 0 heterocycles. The number of aryl methyl sites for hydroxylation is 2. The first kappa shape index (κ1) is 10.2. The van der Waals surface area contributed by atoms with Crippen molar-refractivity contribution < 1.29 is 4.74 Å². The zero-order valence-electron chi connectivity index (χ0n) is 8.34.